The minimum Gasteiger partial charge on any atom is -0.381 e. The zero-order chi connectivity index (χ0) is 17.0. The number of ether oxygens (including phenoxy) is 1. The smallest absolute Gasteiger partial charge is 0.239 e. The molecule has 2 heterocycles. The fraction of sp³-hybridized carbons (Fsp3) is 0.850. The van der Waals surface area contributed by atoms with E-state index in [1.165, 1.54) is 19.3 Å². The molecule has 1 N–H and O–H groups in total. The number of nitrogens with zero attached hydrogens (tertiary/aromatic N) is 1. The van der Waals surface area contributed by atoms with Crippen LogP contribution in [0.15, 0.2) is 12.2 Å². The molecule has 0 aromatic carbocycles. The van der Waals surface area contributed by atoms with E-state index >= 15 is 0 Å². The van der Waals surface area contributed by atoms with E-state index in [2.05, 4.69) is 36.2 Å². The Morgan fingerprint density at radius 2 is 2.04 bits per heavy atom. The normalized spacial score (nSPS) is 30.0. The van der Waals surface area contributed by atoms with Crippen LogP contribution in [0.4, 0.5) is 0 Å². The highest BCUT2D eigenvalue weighted by Crippen LogP contribution is 2.41. The summed E-state index contributed by atoms with van der Waals surface area (Å²) in [6, 6.07) is 0.369. The van der Waals surface area contributed by atoms with Gasteiger partial charge in [-0.1, -0.05) is 26.0 Å². The first-order valence-electron chi connectivity index (χ1n) is 9.87. The lowest BCUT2D eigenvalue weighted by atomic mass is 9.71. The van der Waals surface area contributed by atoms with Crippen LogP contribution in [0, 0.1) is 11.3 Å². The predicted octanol–water partition coefficient (Wildman–Crippen LogP) is 3.13. The minimum atomic E-state index is -0.0533. The maximum Gasteiger partial charge on any atom is 0.239 e. The minimum absolute atomic E-state index is 0.0533. The first kappa shape index (κ1) is 17.9. The third-order valence-electron chi connectivity index (χ3n) is 6.10. The average molecular weight is 335 g/mol. The van der Waals surface area contributed by atoms with Gasteiger partial charge in [0.25, 0.3) is 0 Å². The van der Waals surface area contributed by atoms with E-state index in [9.17, 15) is 4.79 Å². The molecule has 0 saturated carbocycles. The topological polar surface area (TPSA) is 41.6 Å². The van der Waals surface area contributed by atoms with Crippen LogP contribution in [0.2, 0.25) is 0 Å². The molecule has 2 saturated heterocycles. The standard InChI is InChI=1S/C20H34N2O2/c1-16(2)18(21-17-7-13-24-14-8-17)19(23)22-12-6-11-20(15-22)9-4-3-5-10-20/h3-4,16-18,21H,5-15H2,1-2H3. The molecule has 2 unspecified atom stereocenters. The van der Waals surface area contributed by atoms with Gasteiger partial charge in [-0.15, -0.1) is 0 Å². The Hall–Kier alpha value is -0.870. The maximum absolute atomic E-state index is 13.3. The first-order chi connectivity index (χ1) is 11.6. The van der Waals surface area contributed by atoms with Gasteiger partial charge in [0.15, 0.2) is 0 Å². The van der Waals surface area contributed by atoms with Gasteiger partial charge < -0.3 is 15.0 Å². The van der Waals surface area contributed by atoms with Gasteiger partial charge in [0.05, 0.1) is 6.04 Å². The summed E-state index contributed by atoms with van der Waals surface area (Å²) in [5, 5.41) is 3.66. The van der Waals surface area contributed by atoms with Gasteiger partial charge in [0, 0.05) is 32.3 Å². The number of nitrogens with one attached hydrogen (secondary N) is 1. The highest BCUT2D eigenvalue weighted by molar-refractivity contribution is 5.82. The molecule has 4 heteroatoms. The molecule has 0 radical (unpaired) electrons. The lowest BCUT2D eigenvalue weighted by Gasteiger charge is -2.45. The first-order valence-corrected chi connectivity index (χ1v) is 9.87. The summed E-state index contributed by atoms with van der Waals surface area (Å²) < 4.78 is 5.45. The van der Waals surface area contributed by atoms with Crippen molar-refractivity contribution in [2.24, 2.45) is 11.3 Å². The monoisotopic (exact) mass is 334 g/mol. The van der Waals surface area contributed by atoms with Crippen LogP contribution in [0.1, 0.15) is 58.8 Å². The quantitative estimate of drug-likeness (QED) is 0.803. The Bertz CT molecular complexity index is 457. The lowest BCUT2D eigenvalue weighted by molar-refractivity contribution is -0.138. The van der Waals surface area contributed by atoms with Gasteiger partial charge in [0.1, 0.15) is 0 Å². The molecule has 3 rings (SSSR count). The summed E-state index contributed by atoms with van der Waals surface area (Å²) in [4.78, 5) is 15.4. The molecule has 1 aliphatic carbocycles. The SMILES string of the molecule is CC(C)C(NC1CCOCC1)C(=O)N1CCCC2(CC=CCC2)C1. The summed E-state index contributed by atoms with van der Waals surface area (Å²) in [5.41, 5.74) is 0.350. The molecule has 4 nitrogen and oxygen atoms in total. The Morgan fingerprint density at radius 1 is 1.25 bits per heavy atom. The average Bonchev–Trinajstić information content (AvgIpc) is 2.60. The van der Waals surface area contributed by atoms with Crippen LogP contribution in [-0.4, -0.2) is 49.2 Å². The summed E-state index contributed by atoms with van der Waals surface area (Å²) in [7, 11) is 0. The zero-order valence-electron chi connectivity index (χ0n) is 15.4. The van der Waals surface area contributed by atoms with Crippen LogP contribution in [0.25, 0.3) is 0 Å². The summed E-state index contributed by atoms with van der Waals surface area (Å²) in [6.45, 7) is 7.85. The molecule has 1 amide bonds. The van der Waals surface area contributed by atoms with Crippen LogP contribution in [0.3, 0.4) is 0 Å². The molecule has 24 heavy (non-hydrogen) atoms. The molecule has 0 aromatic heterocycles. The fourth-order valence-corrected chi connectivity index (χ4v) is 4.57. The van der Waals surface area contributed by atoms with Gasteiger partial charge in [-0.2, -0.15) is 0 Å². The predicted molar refractivity (Wildman–Crippen MR) is 96.8 cm³/mol. The number of hydrogen-bond donors (Lipinski definition) is 1. The highest BCUT2D eigenvalue weighted by Gasteiger charge is 2.39. The molecule has 136 valence electrons. The Morgan fingerprint density at radius 3 is 2.71 bits per heavy atom. The molecule has 0 aromatic rings. The molecular weight excluding hydrogens is 300 g/mol. The molecule has 2 aliphatic heterocycles. The molecular formula is C20H34N2O2. The number of hydrogen-bond acceptors (Lipinski definition) is 3. The van der Waals surface area contributed by atoms with E-state index in [-0.39, 0.29) is 6.04 Å². The van der Waals surface area contributed by atoms with Gasteiger partial charge in [-0.25, -0.2) is 0 Å². The molecule has 3 aliphatic rings. The summed E-state index contributed by atoms with van der Waals surface area (Å²) in [5.74, 6) is 0.648. The molecule has 1 spiro atoms. The number of rotatable bonds is 4. The van der Waals surface area contributed by atoms with Crippen LogP contribution < -0.4 is 5.32 Å². The van der Waals surface area contributed by atoms with E-state index in [1.54, 1.807) is 0 Å². The van der Waals surface area contributed by atoms with Crippen molar-refractivity contribution in [1.29, 1.82) is 0 Å². The van der Waals surface area contributed by atoms with Crippen LogP contribution >= 0.6 is 0 Å². The van der Waals surface area contributed by atoms with Crippen molar-refractivity contribution in [2.45, 2.75) is 70.9 Å². The number of carbonyl (C=O) groups is 1. The van der Waals surface area contributed by atoms with Gasteiger partial charge in [0.2, 0.25) is 5.91 Å². The van der Waals surface area contributed by atoms with Crippen molar-refractivity contribution in [3.05, 3.63) is 12.2 Å². The summed E-state index contributed by atoms with van der Waals surface area (Å²) in [6.07, 6.45) is 12.7. The van der Waals surface area contributed by atoms with E-state index in [4.69, 9.17) is 4.74 Å². The van der Waals surface area contributed by atoms with Crippen LogP contribution in [-0.2, 0) is 9.53 Å². The van der Waals surface area contributed by atoms with Crippen molar-refractivity contribution in [1.82, 2.24) is 10.2 Å². The van der Waals surface area contributed by atoms with Crippen molar-refractivity contribution in [2.75, 3.05) is 26.3 Å². The lowest BCUT2D eigenvalue weighted by Crippen LogP contribution is -2.56. The highest BCUT2D eigenvalue weighted by atomic mass is 16.5. The van der Waals surface area contributed by atoms with Crippen molar-refractivity contribution in [3.8, 4) is 0 Å². The van der Waals surface area contributed by atoms with Gasteiger partial charge >= 0.3 is 0 Å². The molecule has 2 fully saturated rings. The number of amides is 1. The van der Waals surface area contributed by atoms with E-state index < -0.39 is 0 Å². The third kappa shape index (κ3) is 4.20. The Labute approximate surface area is 147 Å². The Kier molecular flexibility index (Phi) is 5.98. The third-order valence-corrected chi connectivity index (χ3v) is 6.10. The maximum atomic E-state index is 13.3. The number of likely N-dealkylation sites (tertiary alicyclic amines) is 1. The zero-order valence-corrected chi connectivity index (χ0v) is 15.4. The second kappa shape index (κ2) is 8.01. The Balaban J connectivity index is 1.64. The second-order valence-corrected chi connectivity index (χ2v) is 8.35. The van der Waals surface area contributed by atoms with Gasteiger partial charge in [-0.3, -0.25) is 4.79 Å². The van der Waals surface area contributed by atoms with Crippen LogP contribution in [0.5, 0.6) is 0 Å². The largest absolute Gasteiger partial charge is 0.381 e. The molecule has 0 bridgehead atoms. The second-order valence-electron chi connectivity index (χ2n) is 8.35. The van der Waals surface area contributed by atoms with Crippen molar-refractivity contribution < 1.29 is 9.53 Å². The molecule has 2 atom stereocenters. The van der Waals surface area contributed by atoms with E-state index in [0.29, 0.717) is 23.3 Å². The van der Waals surface area contributed by atoms with Crippen molar-refractivity contribution in [3.63, 3.8) is 0 Å². The van der Waals surface area contributed by atoms with Gasteiger partial charge in [-0.05, 0) is 56.3 Å². The van der Waals surface area contributed by atoms with Crippen molar-refractivity contribution >= 4 is 5.91 Å². The van der Waals surface area contributed by atoms with E-state index in [0.717, 1.165) is 52.0 Å². The number of piperidine rings is 1. The number of allylic oxidation sites excluding steroid dienone is 2. The fourth-order valence-electron chi connectivity index (χ4n) is 4.57. The summed E-state index contributed by atoms with van der Waals surface area (Å²) >= 11 is 0. The van der Waals surface area contributed by atoms with E-state index in [1.807, 2.05) is 0 Å². The number of carbonyl (C=O) groups excluding carboxylic acids is 1.